The third-order valence-electron chi connectivity index (χ3n) is 3.32. The van der Waals surface area contributed by atoms with Crippen LogP contribution in [0.5, 0.6) is 0 Å². The third kappa shape index (κ3) is 1.81. The molecule has 1 saturated carbocycles. The Morgan fingerprint density at radius 2 is 2.33 bits per heavy atom. The number of aromatic amines is 1. The van der Waals surface area contributed by atoms with Crippen LogP contribution in [0.4, 0.5) is 0 Å². The summed E-state index contributed by atoms with van der Waals surface area (Å²) in [5, 5.41) is 0. The zero-order valence-corrected chi connectivity index (χ0v) is 10.3. The van der Waals surface area contributed by atoms with E-state index in [0.717, 1.165) is 5.76 Å². The monoisotopic (exact) mass is 246 g/mol. The lowest BCUT2D eigenvalue weighted by Crippen LogP contribution is -2.00. The van der Waals surface area contributed by atoms with Crippen molar-refractivity contribution in [1.82, 2.24) is 9.97 Å². The maximum Gasteiger partial charge on any atom is 0.356 e. The van der Waals surface area contributed by atoms with E-state index in [0.29, 0.717) is 29.1 Å². The summed E-state index contributed by atoms with van der Waals surface area (Å²) in [7, 11) is 1.34. The molecule has 0 spiro atoms. The fourth-order valence-corrected chi connectivity index (χ4v) is 2.06. The first-order chi connectivity index (χ1) is 8.69. The minimum absolute atomic E-state index is 0.324. The molecular weight excluding hydrogens is 232 g/mol. The molecule has 2 heterocycles. The summed E-state index contributed by atoms with van der Waals surface area (Å²) in [6, 6.07) is 3.85. The van der Waals surface area contributed by atoms with E-state index in [1.165, 1.54) is 19.7 Å². The maximum atomic E-state index is 11.3. The number of nitrogens with one attached hydrogen (secondary N) is 1. The van der Waals surface area contributed by atoms with E-state index >= 15 is 0 Å². The molecule has 0 amide bonds. The lowest BCUT2D eigenvalue weighted by Gasteiger charge is -1.94. The van der Waals surface area contributed by atoms with Crippen LogP contribution >= 0.6 is 0 Å². The van der Waals surface area contributed by atoms with Crippen LogP contribution in [0.1, 0.15) is 35.5 Å². The largest absolute Gasteiger partial charge is 0.464 e. The SMILES string of the molecule is COC(=O)c1cnc(-c2ccc(C3CC3C)o2)[nH]1. The van der Waals surface area contributed by atoms with Crippen molar-refractivity contribution in [2.24, 2.45) is 5.92 Å². The Labute approximate surface area is 104 Å². The van der Waals surface area contributed by atoms with E-state index in [9.17, 15) is 4.79 Å². The highest BCUT2D eigenvalue weighted by Gasteiger charge is 2.36. The predicted molar refractivity (Wildman–Crippen MR) is 64.2 cm³/mol. The van der Waals surface area contributed by atoms with Crippen molar-refractivity contribution in [3.8, 4) is 11.6 Å². The molecular formula is C13H14N2O3. The van der Waals surface area contributed by atoms with Crippen molar-refractivity contribution in [1.29, 1.82) is 0 Å². The number of imidazole rings is 1. The molecule has 5 nitrogen and oxygen atoms in total. The summed E-state index contributed by atoms with van der Waals surface area (Å²) in [5.74, 6) is 3.00. The average Bonchev–Trinajstić information content (AvgIpc) is 2.87. The standard InChI is InChI=1S/C13H14N2O3/c1-7-5-8(7)10-3-4-11(18-10)12-14-6-9(15-12)13(16)17-2/h3-4,6-8H,5H2,1-2H3,(H,14,15). The molecule has 0 aliphatic heterocycles. The van der Waals surface area contributed by atoms with Gasteiger partial charge in [0.2, 0.25) is 0 Å². The van der Waals surface area contributed by atoms with E-state index in [-0.39, 0.29) is 0 Å². The molecule has 1 aliphatic rings. The van der Waals surface area contributed by atoms with E-state index in [4.69, 9.17) is 4.42 Å². The van der Waals surface area contributed by atoms with Gasteiger partial charge >= 0.3 is 5.97 Å². The molecule has 94 valence electrons. The molecule has 2 atom stereocenters. The highest BCUT2D eigenvalue weighted by Crippen LogP contribution is 2.47. The van der Waals surface area contributed by atoms with Crippen LogP contribution < -0.4 is 0 Å². The minimum atomic E-state index is -0.434. The van der Waals surface area contributed by atoms with Gasteiger partial charge in [-0.05, 0) is 24.5 Å². The van der Waals surface area contributed by atoms with Gasteiger partial charge < -0.3 is 14.1 Å². The molecule has 1 aliphatic carbocycles. The molecule has 1 N–H and O–H groups in total. The summed E-state index contributed by atoms with van der Waals surface area (Å²) in [4.78, 5) is 18.3. The van der Waals surface area contributed by atoms with Gasteiger partial charge in [0.05, 0.1) is 13.3 Å². The normalized spacial score (nSPS) is 21.9. The van der Waals surface area contributed by atoms with E-state index < -0.39 is 5.97 Å². The first kappa shape index (κ1) is 11.1. The van der Waals surface area contributed by atoms with Gasteiger partial charge in [0.1, 0.15) is 11.5 Å². The number of aromatic nitrogens is 2. The van der Waals surface area contributed by atoms with E-state index in [2.05, 4.69) is 21.6 Å². The Hall–Kier alpha value is -2.04. The first-order valence-corrected chi connectivity index (χ1v) is 5.92. The highest BCUT2D eigenvalue weighted by molar-refractivity contribution is 5.87. The summed E-state index contributed by atoms with van der Waals surface area (Å²) < 4.78 is 10.4. The van der Waals surface area contributed by atoms with Crippen LogP contribution in [0.25, 0.3) is 11.6 Å². The van der Waals surface area contributed by atoms with Crippen LogP contribution in [0.2, 0.25) is 0 Å². The second-order valence-corrected chi connectivity index (χ2v) is 4.66. The summed E-state index contributed by atoms with van der Waals surface area (Å²) in [6.07, 6.45) is 2.63. The Balaban J connectivity index is 1.84. The van der Waals surface area contributed by atoms with Gasteiger partial charge in [0, 0.05) is 5.92 Å². The molecule has 3 rings (SSSR count). The number of furan rings is 1. The predicted octanol–water partition coefficient (Wildman–Crippen LogP) is 2.58. The fourth-order valence-electron chi connectivity index (χ4n) is 2.06. The van der Waals surface area contributed by atoms with Gasteiger partial charge in [-0.25, -0.2) is 9.78 Å². The van der Waals surface area contributed by atoms with Gasteiger partial charge in [0.25, 0.3) is 0 Å². The number of hydrogen-bond donors (Lipinski definition) is 1. The number of H-pyrrole nitrogens is 1. The third-order valence-corrected chi connectivity index (χ3v) is 3.32. The van der Waals surface area contributed by atoms with Crippen molar-refractivity contribution in [2.45, 2.75) is 19.3 Å². The van der Waals surface area contributed by atoms with Crippen LogP contribution in [0.15, 0.2) is 22.7 Å². The molecule has 0 aromatic carbocycles. The van der Waals surface area contributed by atoms with Crippen LogP contribution in [0, 0.1) is 5.92 Å². The molecule has 2 aromatic rings. The summed E-state index contributed by atoms with van der Waals surface area (Å²) >= 11 is 0. The van der Waals surface area contributed by atoms with Crippen molar-refractivity contribution in [3.63, 3.8) is 0 Å². The summed E-state index contributed by atoms with van der Waals surface area (Å²) in [5.41, 5.74) is 0.324. The van der Waals surface area contributed by atoms with Crippen LogP contribution in [0.3, 0.4) is 0 Å². The highest BCUT2D eigenvalue weighted by atomic mass is 16.5. The quantitative estimate of drug-likeness (QED) is 0.845. The molecule has 0 bridgehead atoms. The molecule has 2 aromatic heterocycles. The Morgan fingerprint density at radius 1 is 1.56 bits per heavy atom. The number of nitrogens with zero attached hydrogens (tertiary/aromatic N) is 1. The van der Waals surface area contributed by atoms with Crippen molar-refractivity contribution in [2.75, 3.05) is 7.11 Å². The molecule has 5 heteroatoms. The van der Waals surface area contributed by atoms with Crippen molar-refractivity contribution in [3.05, 3.63) is 29.8 Å². The number of hydrogen-bond acceptors (Lipinski definition) is 4. The Kier molecular flexibility index (Phi) is 2.47. The smallest absolute Gasteiger partial charge is 0.356 e. The molecule has 1 fully saturated rings. The van der Waals surface area contributed by atoms with Gasteiger partial charge in [-0.15, -0.1) is 0 Å². The fraction of sp³-hybridized carbons (Fsp3) is 0.385. The van der Waals surface area contributed by atoms with Gasteiger partial charge in [0.15, 0.2) is 11.6 Å². The van der Waals surface area contributed by atoms with Gasteiger partial charge in [-0.2, -0.15) is 0 Å². The van der Waals surface area contributed by atoms with E-state index in [1.807, 2.05) is 12.1 Å². The van der Waals surface area contributed by atoms with Crippen molar-refractivity contribution < 1.29 is 13.9 Å². The molecule has 18 heavy (non-hydrogen) atoms. The lowest BCUT2D eigenvalue weighted by atomic mass is 10.3. The average molecular weight is 246 g/mol. The number of ether oxygens (including phenoxy) is 1. The van der Waals surface area contributed by atoms with E-state index in [1.54, 1.807) is 0 Å². The maximum absolute atomic E-state index is 11.3. The molecule has 2 unspecified atom stereocenters. The van der Waals surface area contributed by atoms with Crippen molar-refractivity contribution >= 4 is 5.97 Å². The second kappa shape index (κ2) is 4.01. The topological polar surface area (TPSA) is 68.1 Å². The van der Waals surface area contributed by atoms with Gasteiger partial charge in [-0.3, -0.25) is 0 Å². The second-order valence-electron chi connectivity index (χ2n) is 4.66. The lowest BCUT2D eigenvalue weighted by molar-refractivity contribution is 0.0595. The Bertz CT molecular complexity index is 585. The molecule has 0 radical (unpaired) electrons. The zero-order chi connectivity index (χ0) is 12.7. The van der Waals surface area contributed by atoms with Crippen LogP contribution in [-0.4, -0.2) is 23.0 Å². The number of carbonyl (C=O) groups is 1. The first-order valence-electron chi connectivity index (χ1n) is 5.92. The minimum Gasteiger partial charge on any atom is -0.464 e. The molecule has 0 saturated heterocycles. The van der Waals surface area contributed by atoms with Gasteiger partial charge in [-0.1, -0.05) is 6.92 Å². The Morgan fingerprint density at radius 3 is 3.00 bits per heavy atom. The number of rotatable bonds is 3. The number of esters is 1. The summed E-state index contributed by atoms with van der Waals surface area (Å²) in [6.45, 7) is 2.20. The zero-order valence-electron chi connectivity index (χ0n) is 10.3. The van der Waals surface area contributed by atoms with Crippen LogP contribution in [-0.2, 0) is 4.74 Å². The number of methoxy groups -OCH3 is 1. The number of carbonyl (C=O) groups excluding carboxylic acids is 1.